The minimum atomic E-state index is -4.48. The van der Waals surface area contributed by atoms with Crippen LogP contribution < -0.4 is 10.0 Å². The van der Waals surface area contributed by atoms with Crippen LogP contribution in [0.5, 0.6) is 0 Å². The van der Waals surface area contributed by atoms with Gasteiger partial charge in [0.15, 0.2) is 0 Å². The number of nitrogens with one attached hydrogen (secondary N) is 2. The summed E-state index contributed by atoms with van der Waals surface area (Å²) in [6.07, 6.45) is -1.64. The molecule has 1 saturated carbocycles. The summed E-state index contributed by atoms with van der Waals surface area (Å²) in [7, 11) is -4.08. The fourth-order valence-electron chi connectivity index (χ4n) is 3.70. The molecule has 1 fully saturated rings. The van der Waals surface area contributed by atoms with Crippen LogP contribution in [0.2, 0.25) is 0 Å². The molecule has 2 N–H and O–H groups in total. The number of carbonyl (C=O) groups excluding carboxylic acids is 1. The summed E-state index contributed by atoms with van der Waals surface area (Å²) in [6.45, 7) is -0.0125. The molecule has 0 spiro atoms. The van der Waals surface area contributed by atoms with Gasteiger partial charge in [-0.2, -0.15) is 17.9 Å². The average Bonchev–Trinajstić information content (AvgIpc) is 3.48. The number of benzene rings is 1. The second kappa shape index (κ2) is 8.71. The first-order chi connectivity index (χ1) is 17.1. The number of rotatable bonds is 7. The highest BCUT2D eigenvalue weighted by Crippen LogP contribution is 2.38. The Bertz CT molecular complexity index is 1510. The van der Waals surface area contributed by atoms with Crippen LogP contribution in [0.25, 0.3) is 22.2 Å². The minimum Gasteiger partial charge on any atom is -0.443 e. The van der Waals surface area contributed by atoms with E-state index >= 15 is 0 Å². The number of hydrogen-bond donors (Lipinski definition) is 2. The first-order valence-corrected chi connectivity index (χ1v) is 12.3. The van der Waals surface area contributed by atoms with E-state index in [0.717, 1.165) is 12.3 Å². The number of carbonyl (C=O) groups is 1. The predicted molar refractivity (Wildman–Crippen MR) is 123 cm³/mol. The molecule has 0 atom stereocenters. The van der Waals surface area contributed by atoms with Crippen molar-refractivity contribution in [3.05, 3.63) is 78.2 Å². The van der Waals surface area contributed by atoms with Gasteiger partial charge in [-0.25, -0.2) is 8.42 Å². The fraction of sp³-hybridized carbons (Fsp3) is 0.208. The molecule has 5 rings (SSSR count). The zero-order chi connectivity index (χ0) is 25.6. The van der Waals surface area contributed by atoms with E-state index in [1.165, 1.54) is 18.3 Å². The van der Waals surface area contributed by atoms with E-state index in [-0.39, 0.29) is 11.6 Å². The Hall–Kier alpha value is -3.77. The summed E-state index contributed by atoms with van der Waals surface area (Å²) < 4.78 is 71.9. The average molecular weight is 517 g/mol. The predicted octanol–water partition coefficient (Wildman–Crippen LogP) is 4.04. The van der Waals surface area contributed by atoms with Crippen LogP contribution in [0.4, 0.5) is 13.2 Å². The summed E-state index contributed by atoms with van der Waals surface area (Å²) in [5, 5.41) is 3.03. The highest BCUT2D eigenvalue weighted by atomic mass is 32.2. The molecule has 186 valence electrons. The van der Waals surface area contributed by atoms with Gasteiger partial charge in [0.1, 0.15) is 11.1 Å². The number of sulfonamides is 1. The molecule has 0 unspecified atom stereocenters. The quantitative estimate of drug-likeness (QED) is 0.383. The third kappa shape index (κ3) is 4.82. The van der Waals surface area contributed by atoms with Crippen molar-refractivity contribution in [2.75, 3.05) is 0 Å². The Morgan fingerprint density at radius 3 is 2.50 bits per heavy atom. The Morgan fingerprint density at radius 1 is 1.06 bits per heavy atom. The van der Waals surface area contributed by atoms with Gasteiger partial charge < -0.3 is 9.73 Å². The fourth-order valence-corrected chi connectivity index (χ4v) is 5.10. The molecule has 3 aromatic heterocycles. The number of aromatic nitrogens is 2. The van der Waals surface area contributed by atoms with E-state index in [2.05, 4.69) is 20.0 Å². The third-order valence-electron chi connectivity index (χ3n) is 5.82. The summed E-state index contributed by atoms with van der Waals surface area (Å²) in [5.41, 5.74) is -0.457. The number of furan rings is 1. The first-order valence-electron chi connectivity index (χ1n) is 10.9. The minimum absolute atomic E-state index is 0.0125. The number of amides is 1. The molecular formula is C24H19F3N4O4S. The molecule has 12 heteroatoms. The van der Waals surface area contributed by atoms with Crippen molar-refractivity contribution >= 4 is 26.9 Å². The molecule has 0 aliphatic heterocycles. The van der Waals surface area contributed by atoms with E-state index in [4.69, 9.17) is 4.42 Å². The number of hydrogen-bond acceptors (Lipinski definition) is 6. The van der Waals surface area contributed by atoms with Crippen LogP contribution in [0.3, 0.4) is 0 Å². The largest absolute Gasteiger partial charge is 0.443 e. The molecule has 0 bridgehead atoms. The second-order valence-corrected chi connectivity index (χ2v) is 10.1. The standard InChI is InChI=1S/C24H19F3N4O4S/c25-24(26,27)17-5-6-19(29-13-17)15-7-10-28-18(11-15)14-30-22(32)23(8-9-23)31-36(33,34)21-12-16-3-1-2-4-20(16)35-21/h1-7,10-13,31H,8-9,14H2,(H,30,32). The molecule has 3 heterocycles. The lowest BCUT2D eigenvalue weighted by molar-refractivity contribution is -0.137. The molecule has 1 aliphatic carbocycles. The maximum atomic E-state index is 12.9. The monoisotopic (exact) mass is 516 g/mol. The Morgan fingerprint density at radius 2 is 1.83 bits per heavy atom. The topological polar surface area (TPSA) is 114 Å². The molecule has 36 heavy (non-hydrogen) atoms. The van der Waals surface area contributed by atoms with Gasteiger partial charge in [-0.15, -0.1) is 0 Å². The Balaban J connectivity index is 1.26. The van der Waals surface area contributed by atoms with E-state index in [1.807, 2.05) is 0 Å². The lowest BCUT2D eigenvalue weighted by atomic mass is 10.1. The summed E-state index contributed by atoms with van der Waals surface area (Å²) in [5.74, 6) is -0.512. The number of para-hydroxylation sites is 1. The van der Waals surface area contributed by atoms with E-state index in [1.54, 1.807) is 36.4 Å². The number of nitrogens with zero attached hydrogens (tertiary/aromatic N) is 2. The van der Waals surface area contributed by atoms with Crippen LogP contribution in [0.1, 0.15) is 24.1 Å². The van der Waals surface area contributed by atoms with Crippen LogP contribution in [0.15, 0.2) is 76.5 Å². The molecule has 0 radical (unpaired) electrons. The molecule has 1 aromatic carbocycles. The molecular weight excluding hydrogens is 497 g/mol. The van der Waals surface area contributed by atoms with Crippen molar-refractivity contribution in [2.24, 2.45) is 0 Å². The van der Waals surface area contributed by atoms with Crippen LogP contribution >= 0.6 is 0 Å². The SMILES string of the molecule is O=C(NCc1cc(-c2ccc(C(F)(F)F)cn2)ccn1)C1(NS(=O)(=O)c2cc3ccccc3o2)CC1. The molecule has 1 amide bonds. The van der Waals surface area contributed by atoms with E-state index < -0.39 is 33.2 Å². The highest BCUT2D eigenvalue weighted by Gasteiger charge is 2.53. The van der Waals surface area contributed by atoms with Crippen molar-refractivity contribution in [1.29, 1.82) is 0 Å². The van der Waals surface area contributed by atoms with Gasteiger partial charge in [-0.05, 0) is 43.2 Å². The summed E-state index contributed by atoms with van der Waals surface area (Å²) in [6, 6.07) is 13.6. The molecule has 4 aromatic rings. The van der Waals surface area contributed by atoms with Gasteiger partial charge in [-0.1, -0.05) is 18.2 Å². The normalized spacial score (nSPS) is 15.1. The zero-order valence-electron chi connectivity index (χ0n) is 18.5. The van der Waals surface area contributed by atoms with Crippen molar-refractivity contribution < 1.29 is 30.8 Å². The van der Waals surface area contributed by atoms with E-state index in [0.29, 0.717) is 40.8 Å². The highest BCUT2D eigenvalue weighted by molar-refractivity contribution is 7.89. The number of halogens is 3. The maximum absolute atomic E-state index is 12.9. The zero-order valence-corrected chi connectivity index (χ0v) is 19.4. The van der Waals surface area contributed by atoms with Gasteiger partial charge in [0, 0.05) is 29.4 Å². The van der Waals surface area contributed by atoms with Gasteiger partial charge in [-0.3, -0.25) is 14.8 Å². The summed E-state index contributed by atoms with van der Waals surface area (Å²) in [4.78, 5) is 20.9. The molecule has 8 nitrogen and oxygen atoms in total. The van der Waals surface area contributed by atoms with Crippen molar-refractivity contribution in [2.45, 2.75) is 36.2 Å². The van der Waals surface area contributed by atoms with Crippen molar-refractivity contribution in [3.8, 4) is 11.3 Å². The van der Waals surface area contributed by atoms with Crippen LogP contribution in [0, 0.1) is 0 Å². The number of pyridine rings is 2. The smallest absolute Gasteiger partial charge is 0.417 e. The number of alkyl halides is 3. The van der Waals surface area contributed by atoms with Gasteiger partial charge in [0.25, 0.3) is 10.0 Å². The van der Waals surface area contributed by atoms with Crippen molar-refractivity contribution in [3.63, 3.8) is 0 Å². The second-order valence-electron chi connectivity index (χ2n) is 8.44. The lowest BCUT2D eigenvalue weighted by Gasteiger charge is -2.16. The molecule has 1 aliphatic rings. The third-order valence-corrected chi connectivity index (χ3v) is 7.21. The number of fused-ring (bicyclic) bond motifs is 1. The van der Waals surface area contributed by atoms with Gasteiger partial charge in [0.2, 0.25) is 11.0 Å². The lowest BCUT2D eigenvalue weighted by Crippen LogP contribution is -2.48. The van der Waals surface area contributed by atoms with Crippen LogP contribution in [-0.2, 0) is 27.5 Å². The molecule has 0 saturated heterocycles. The van der Waals surface area contributed by atoms with E-state index in [9.17, 15) is 26.4 Å². The Labute approximate surface area is 203 Å². The van der Waals surface area contributed by atoms with Gasteiger partial charge >= 0.3 is 6.18 Å². The van der Waals surface area contributed by atoms with Crippen molar-refractivity contribution in [1.82, 2.24) is 20.0 Å². The van der Waals surface area contributed by atoms with Gasteiger partial charge in [0.05, 0.1) is 23.5 Å². The Kier molecular flexibility index (Phi) is 5.80. The van der Waals surface area contributed by atoms with Crippen LogP contribution in [-0.4, -0.2) is 29.8 Å². The first kappa shape index (κ1) is 23.9. The summed E-state index contributed by atoms with van der Waals surface area (Å²) >= 11 is 0. The maximum Gasteiger partial charge on any atom is 0.417 e.